The smallest absolute Gasteiger partial charge is 0.137 e. The first-order valence-electron chi connectivity index (χ1n) is 8.38. The van der Waals surface area contributed by atoms with Gasteiger partial charge in [-0.1, -0.05) is 30.7 Å². The Morgan fingerprint density at radius 1 is 1.33 bits per heavy atom. The van der Waals surface area contributed by atoms with Gasteiger partial charge < -0.3 is 5.11 Å². The van der Waals surface area contributed by atoms with E-state index >= 15 is 0 Å². The monoisotopic (exact) mass is 367 g/mol. The summed E-state index contributed by atoms with van der Waals surface area (Å²) in [6.45, 7) is 2.53. The van der Waals surface area contributed by atoms with Gasteiger partial charge in [0.15, 0.2) is 0 Å². The Balaban J connectivity index is 1.90. The van der Waals surface area contributed by atoms with Crippen molar-refractivity contribution < 1.29 is 5.11 Å². The molecule has 0 radical (unpaired) electrons. The second-order valence-corrected chi connectivity index (χ2v) is 7.55. The van der Waals surface area contributed by atoms with Crippen LogP contribution in [0.5, 0.6) is 0 Å². The maximum atomic E-state index is 11.7. The van der Waals surface area contributed by atoms with Gasteiger partial charge >= 0.3 is 0 Å². The highest BCUT2D eigenvalue weighted by Crippen LogP contribution is 2.54. The quantitative estimate of drug-likeness (QED) is 0.786. The fourth-order valence-electron chi connectivity index (χ4n) is 4.13. The van der Waals surface area contributed by atoms with Crippen LogP contribution in [-0.2, 0) is 13.0 Å². The topological polar surface area (TPSA) is 50.9 Å². The van der Waals surface area contributed by atoms with Crippen LogP contribution in [0.4, 0.5) is 0 Å². The van der Waals surface area contributed by atoms with Gasteiger partial charge in [-0.05, 0) is 49.3 Å². The number of benzene rings is 1. The van der Waals surface area contributed by atoms with E-state index in [-0.39, 0.29) is 11.3 Å². The molecule has 6 heteroatoms. The zero-order valence-electron chi connectivity index (χ0n) is 13.8. The molecule has 3 unspecified atom stereocenters. The minimum atomic E-state index is -0.906. The first-order valence-corrected chi connectivity index (χ1v) is 9.29. The van der Waals surface area contributed by atoms with E-state index in [2.05, 4.69) is 17.0 Å². The van der Waals surface area contributed by atoms with Crippen molar-refractivity contribution >= 4 is 23.2 Å². The van der Waals surface area contributed by atoms with E-state index in [9.17, 15) is 5.11 Å². The van der Waals surface area contributed by atoms with Crippen molar-refractivity contribution in [2.45, 2.75) is 44.8 Å². The van der Waals surface area contributed by atoms with Crippen LogP contribution in [0.3, 0.4) is 0 Å². The number of hydrogen-bond acceptors (Lipinski definition) is 3. The third-order valence-corrected chi connectivity index (χ3v) is 6.53. The molecular formula is C18H23Cl2N3O. The maximum absolute atomic E-state index is 11.7. The van der Waals surface area contributed by atoms with E-state index in [1.54, 1.807) is 11.0 Å². The van der Waals surface area contributed by atoms with Crippen molar-refractivity contribution in [1.29, 1.82) is 0 Å². The molecule has 0 bridgehead atoms. The molecule has 0 saturated heterocycles. The van der Waals surface area contributed by atoms with Crippen molar-refractivity contribution in [3.8, 4) is 0 Å². The van der Waals surface area contributed by atoms with Crippen molar-refractivity contribution in [1.82, 2.24) is 14.8 Å². The molecule has 1 N–H and O–H groups in total. The van der Waals surface area contributed by atoms with E-state index in [4.69, 9.17) is 23.2 Å². The maximum Gasteiger partial charge on any atom is 0.137 e. The highest BCUT2D eigenvalue weighted by atomic mass is 35.5. The van der Waals surface area contributed by atoms with Crippen molar-refractivity contribution in [3.63, 3.8) is 0 Å². The zero-order chi connectivity index (χ0) is 17.2. The Hall–Kier alpha value is -1.10. The van der Waals surface area contributed by atoms with Crippen LogP contribution in [0.25, 0.3) is 0 Å². The Labute approximate surface area is 152 Å². The molecule has 1 fully saturated rings. The van der Waals surface area contributed by atoms with Crippen molar-refractivity contribution in [2.24, 2.45) is 11.3 Å². The van der Waals surface area contributed by atoms with Gasteiger partial charge in [0.1, 0.15) is 12.7 Å². The minimum Gasteiger partial charge on any atom is -0.387 e. The summed E-state index contributed by atoms with van der Waals surface area (Å²) < 4.78 is 1.72. The summed E-state index contributed by atoms with van der Waals surface area (Å²) in [6.07, 6.45) is 6.69. The van der Waals surface area contributed by atoms with Crippen LogP contribution in [0.2, 0.25) is 5.02 Å². The highest BCUT2D eigenvalue weighted by molar-refractivity contribution is 6.30. The summed E-state index contributed by atoms with van der Waals surface area (Å²) in [7, 11) is 0. The van der Waals surface area contributed by atoms with Crippen LogP contribution >= 0.6 is 23.2 Å². The SMILES string of the molecule is CCC1(CCl)CCC(Cc2ccc(Cl)cc2)C1(O)Cn1cncn1. The summed E-state index contributed by atoms with van der Waals surface area (Å²) >= 11 is 12.3. The molecule has 2 aromatic rings. The molecule has 130 valence electrons. The van der Waals surface area contributed by atoms with Crippen molar-refractivity contribution in [3.05, 3.63) is 47.5 Å². The number of rotatable bonds is 6. The Kier molecular flexibility index (Phi) is 5.19. The molecule has 0 amide bonds. The molecule has 1 heterocycles. The molecule has 24 heavy (non-hydrogen) atoms. The molecule has 4 nitrogen and oxygen atoms in total. The number of halogens is 2. The van der Waals surface area contributed by atoms with E-state index in [0.29, 0.717) is 12.4 Å². The fraction of sp³-hybridized carbons (Fsp3) is 0.556. The molecule has 1 aliphatic carbocycles. The van der Waals surface area contributed by atoms with E-state index in [1.807, 2.05) is 24.3 Å². The van der Waals surface area contributed by atoms with Crippen LogP contribution in [0.1, 0.15) is 31.7 Å². The second-order valence-electron chi connectivity index (χ2n) is 6.85. The minimum absolute atomic E-state index is 0.126. The number of aromatic nitrogens is 3. The summed E-state index contributed by atoms with van der Waals surface area (Å²) in [5.41, 5.74) is -0.0167. The third-order valence-electron chi connectivity index (χ3n) is 5.76. The second kappa shape index (κ2) is 7.03. The third kappa shape index (κ3) is 3.07. The normalized spacial score (nSPS) is 29.9. The van der Waals surface area contributed by atoms with Gasteiger partial charge in [0, 0.05) is 16.3 Å². The lowest BCUT2D eigenvalue weighted by atomic mass is 9.69. The average molecular weight is 368 g/mol. The molecule has 3 atom stereocenters. The number of aliphatic hydroxyl groups is 1. The number of nitrogens with zero attached hydrogens (tertiary/aromatic N) is 3. The first kappa shape index (κ1) is 17.7. The predicted octanol–water partition coefficient (Wildman–Crippen LogP) is 3.95. The van der Waals surface area contributed by atoms with Crippen LogP contribution < -0.4 is 0 Å². The number of alkyl halides is 1. The highest BCUT2D eigenvalue weighted by Gasteiger charge is 2.58. The molecule has 3 rings (SSSR count). The summed E-state index contributed by atoms with van der Waals surface area (Å²) in [5.74, 6) is 0.577. The van der Waals surface area contributed by atoms with Gasteiger partial charge in [-0.3, -0.25) is 4.68 Å². The first-order chi connectivity index (χ1) is 11.5. The van der Waals surface area contributed by atoms with Crippen LogP contribution in [0, 0.1) is 11.3 Å². The lowest BCUT2D eigenvalue weighted by Gasteiger charge is -2.44. The zero-order valence-corrected chi connectivity index (χ0v) is 15.3. The lowest BCUT2D eigenvalue weighted by molar-refractivity contribution is -0.0983. The molecule has 1 aromatic heterocycles. The molecular weight excluding hydrogens is 345 g/mol. The Bertz CT molecular complexity index is 655. The molecule has 0 aliphatic heterocycles. The predicted molar refractivity (Wildman–Crippen MR) is 96.3 cm³/mol. The van der Waals surface area contributed by atoms with Crippen LogP contribution in [0.15, 0.2) is 36.9 Å². The summed E-state index contributed by atoms with van der Waals surface area (Å²) in [4.78, 5) is 4.01. The molecule has 1 saturated carbocycles. The average Bonchev–Trinajstić information content (AvgIpc) is 3.17. The lowest BCUT2D eigenvalue weighted by Crippen LogP contribution is -2.53. The Morgan fingerprint density at radius 3 is 2.67 bits per heavy atom. The van der Waals surface area contributed by atoms with Gasteiger partial charge in [0.2, 0.25) is 0 Å². The van der Waals surface area contributed by atoms with Gasteiger partial charge in [-0.2, -0.15) is 5.10 Å². The number of hydrogen-bond donors (Lipinski definition) is 1. The van der Waals surface area contributed by atoms with Gasteiger partial charge in [-0.15, -0.1) is 11.6 Å². The summed E-state index contributed by atoms with van der Waals surface area (Å²) in [5, 5.41) is 16.7. The van der Waals surface area contributed by atoms with E-state index in [1.165, 1.54) is 11.9 Å². The van der Waals surface area contributed by atoms with Gasteiger partial charge in [-0.25, -0.2) is 4.98 Å². The van der Waals surface area contributed by atoms with Gasteiger partial charge in [0.25, 0.3) is 0 Å². The fourth-order valence-corrected chi connectivity index (χ4v) is 4.81. The largest absolute Gasteiger partial charge is 0.387 e. The standard InChI is InChI=1S/C18H23Cl2N3O/c1-2-17(10-19)8-7-15(9-14-3-5-16(20)6-4-14)18(17,24)11-23-13-21-12-22-23/h3-6,12-13,15,24H,2,7-11H2,1H3. The summed E-state index contributed by atoms with van der Waals surface area (Å²) in [6, 6.07) is 7.86. The molecule has 1 aromatic carbocycles. The molecule has 1 aliphatic rings. The van der Waals surface area contributed by atoms with Crippen LogP contribution in [-0.4, -0.2) is 31.4 Å². The molecule has 0 spiro atoms. The van der Waals surface area contributed by atoms with Gasteiger partial charge in [0.05, 0.1) is 12.1 Å². The van der Waals surface area contributed by atoms with E-state index in [0.717, 1.165) is 30.7 Å². The van der Waals surface area contributed by atoms with E-state index < -0.39 is 5.60 Å². The Morgan fingerprint density at radius 2 is 2.08 bits per heavy atom. The van der Waals surface area contributed by atoms with Crippen molar-refractivity contribution in [2.75, 3.05) is 5.88 Å².